The molecule has 0 aliphatic rings. The molecule has 0 saturated carbocycles. The first-order valence-corrected chi connectivity index (χ1v) is 3.58. The third-order valence-electron chi connectivity index (χ3n) is 0.952. The zero-order valence-electron chi connectivity index (χ0n) is 4.98. The summed E-state index contributed by atoms with van der Waals surface area (Å²) in [6.45, 7) is 0. The second-order valence-corrected chi connectivity index (χ2v) is 2.59. The quantitative estimate of drug-likeness (QED) is 0.577. The molecule has 54 valence electrons. The van der Waals surface area contributed by atoms with Gasteiger partial charge in [0.15, 0.2) is 0 Å². The van der Waals surface area contributed by atoms with Gasteiger partial charge in [-0.05, 0) is 23.2 Å². The molecule has 1 aromatic heterocycles. The minimum absolute atomic E-state index is 0.147. The Balaban J connectivity index is 3.00. The van der Waals surface area contributed by atoms with Gasteiger partial charge in [-0.3, -0.25) is 4.21 Å². The molecule has 1 atom stereocenters. The van der Waals surface area contributed by atoms with Gasteiger partial charge in [-0.2, -0.15) is 0 Å². The van der Waals surface area contributed by atoms with Crippen LogP contribution in [0.1, 0.15) is 0 Å². The van der Waals surface area contributed by atoms with E-state index in [0.29, 0.717) is 5.82 Å². The molecule has 0 amide bonds. The molecule has 0 bridgehead atoms. The van der Waals surface area contributed by atoms with Gasteiger partial charge < -0.3 is 10.3 Å². The second kappa shape index (κ2) is 2.76. The van der Waals surface area contributed by atoms with Crippen LogP contribution in [0.4, 0.5) is 5.82 Å². The van der Waals surface area contributed by atoms with E-state index in [9.17, 15) is 8.76 Å². The van der Waals surface area contributed by atoms with Crippen molar-refractivity contribution < 1.29 is 8.76 Å². The first-order chi connectivity index (χ1) is 4.70. The van der Waals surface area contributed by atoms with Crippen LogP contribution in [0.5, 0.6) is 0 Å². The number of hydrogen-bond acceptors (Lipinski definition) is 4. The molecule has 4 nitrogen and oxygen atoms in total. The average molecular weight is 157 g/mol. The summed E-state index contributed by atoms with van der Waals surface area (Å²) in [5, 5.41) is 0. The van der Waals surface area contributed by atoms with Crippen LogP contribution in [-0.4, -0.2) is 13.7 Å². The van der Waals surface area contributed by atoms with Crippen molar-refractivity contribution in [2.75, 3.05) is 5.73 Å². The van der Waals surface area contributed by atoms with Gasteiger partial charge in [-0.15, -0.1) is 0 Å². The third kappa shape index (κ3) is 1.52. The molecule has 0 fully saturated rings. The van der Waals surface area contributed by atoms with Gasteiger partial charge in [0.2, 0.25) is 0 Å². The summed E-state index contributed by atoms with van der Waals surface area (Å²) in [4.78, 5) is 3.73. The van der Waals surface area contributed by atoms with Crippen LogP contribution >= 0.6 is 0 Å². The third-order valence-corrected chi connectivity index (χ3v) is 1.58. The summed E-state index contributed by atoms with van der Waals surface area (Å²) in [6.07, 6.45) is 1.21. The average Bonchev–Trinajstić information content (AvgIpc) is 1.88. The van der Waals surface area contributed by atoms with Crippen molar-refractivity contribution in [2.24, 2.45) is 0 Å². The van der Waals surface area contributed by atoms with Crippen molar-refractivity contribution in [3.8, 4) is 0 Å². The SMILES string of the molecule is Nc1ccc(S(=O)[O-])cn1. The van der Waals surface area contributed by atoms with Crippen LogP contribution in [0.25, 0.3) is 0 Å². The number of anilines is 1. The fraction of sp³-hybridized carbons (Fsp3) is 0. The number of nitrogens with two attached hydrogens (primary N) is 1. The van der Waals surface area contributed by atoms with E-state index in [4.69, 9.17) is 5.73 Å². The Labute approximate surface area is 60.4 Å². The van der Waals surface area contributed by atoms with E-state index in [1.807, 2.05) is 0 Å². The number of pyridine rings is 1. The van der Waals surface area contributed by atoms with Crippen LogP contribution in [-0.2, 0) is 11.1 Å². The van der Waals surface area contributed by atoms with Crippen LogP contribution in [0.3, 0.4) is 0 Å². The lowest BCUT2D eigenvalue weighted by Gasteiger charge is -2.02. The minimum atomic E-state index is -2.21. The van der Waals surface area contributed by atoms with E-state index < -0.39 is 11.1 Å². The summed E-state index contributed by atoms with van der Waals surface area (Å²) in [5.74, 6) is 0.314. The first-order valence-electron chi connectivity index (χ1n) is 2.51. The van der Waals surface area contributed by atoms with Crippen molar-refractivity contribution >= 4 is 16.9 Å². The molecule has 0 spiro atoms. The van der Waals surface area contributed by atoms with Crippen LogP contribution in [0.15, 0.2) is 23.2 Å². The Bertz CT molecular complexity index is 246. The van der Waals surface area contributed by atoms with Gasteiger partial charge >= 0.3 is 0 Å². The Kier molecular flexibility index (Phi) is 1.98. The van der Waals surface area contributed by atoms with Crippen molar-refractivity contribution in [3.05, 3.63) is 18.3 Å². The molecule has 2 N–H and O–H groups in total. The Morgan fingerprint density at radius 2 is 2.30 bits per heavy atom. The van der Waals surface area contributed by atoms with Crippen LogP contribution in [0, 0.1) is 0 Å². The maximum atomic E-state index is 10.2. The fourth-order valence-corrected chi connectivity index (χ4v) is 0.808. The number of aromatic nitrogens is 1. The van der Waals surface area contributed by atoms with E-state index in [2.05, 4.69) is 4.98 Å². The zero-order valence-corrected chi connectivity index (χ0v) is 5.80. The van der Waals surface area contributed by atoms with Gasteiger partial charge in [0.1, 0.15) is 5.82 Å². The standard InChI is InChI=1S/C5H6N2O2S/c6-5-2-1-4(3-7-5)10(8)9/h1-3H,(H2,6,7)(H,8,9)/p-1. The maximum Gasteiger partial charge on any atom is 0.123 e. The van der Waals surface area contributed by atoms with Gasteiger partial charge in [-0.1, -0.05) is 0 Å². The molecule has 0 aromatic carbocycles. The molecule has 1 rings (SSSR count). The van der Waals surface area contributed by atoms with Gasteiger partial charge in [0, 0.05) is 11.1 Å². The highest BCUT2D eigenvalue weighted by molar-refractivity contribution is 7.79. The molecule has 1 unspecified atom stereocenters. The molecule has 1 heterocycles. The van der Waals surface area contributed by atoms with E-state index in [1.165, 1.54) is 18.3 Å². The molecule has 0 aliphatic carbocycles. The smallest absolute Gasteiger partial charge is 0.123 e. The first kappa shape index (κ1) is 7.17. The highest BCUT2D eigenvalue weighted by Gasteiger charge is 1.90. The minimum Gasteiger partial charge on any atom is -0.768 e. The summed E-state index contributed by atoms with van der Waals surface area (Å²) >= 11 is -2.21. The Morgan fingerprint density at radius 1 is 1.60 bits per heavy atom. The lowest BCUT2D eigenvalue weighted by molar-refractivity contribution is 0.537. The lowest BCUT2D eigenvalue weighted by atomic mass is 10.5. The maximum absolute atomic E-state index is 10.2. The topological polar surface area (TPSA) is 79.0 Å². The van der Waals surface area contributed by atoms with Gasteiger partial charge in [0.05, 0.1) is 0 Å². The Hall–Kier alpha value is -0.940. The van der Waals surface area contributed by atoms with Crippen molar-refractivity contribution in [1.82, 2.24) is 4.98 Å². The highest BCUT2D eigenvalue weighted by Crippen LogP contribution is 2.03. The number of nitrogen functional groups attached to an aromatic ring is 1. The van der Waals surface area contributed by atoms with Gasteiger partial charge in [-0.25, -0.2) is 4.98 Å². The predicted octanol–water partition coefficient (Wildman–Crippen LogP) is -0.0982. The predicted molar refractivity (Wildman–Crippen MR) is 35.8 cm³/mol. The van der Waals surface area contributed by atoms with Crippen LogP contribution < -0.4 is 5.73 Å². The van der Waals surface area contributed by atoms with Gasteiger partial charge in [0.25, 0.3) is 0 Å². The van der Waals surface area contributed by atoms with E-state index >= 15 is 0 Å². The number of rotatable bonds is 1. The summed E-state index contributed by atoms with van der Waals surface area (Å²) in [7, 11) is 0. The summed E-state index contributed by atoms with van der Waals surface area (Å²) in [5.41, 5.74) is 5.21. The zero-order chi connectivity index (χ0) is 7.56. The fourth-order valence-electron chi connectivity index (χ4n) is 0.490. The van der Waals surface area contributed by atoms with Crippen LogP contribution in [0.2, 0.25) is 0 Å². The molecule has 0 saturated heterocycles. The highest BCUT2D eigenvalue weighted by atomic mass is 32.2. The monoisotopic (exact) mass is 157 g/mol. The molecular weight excluding hydrogens is 152 g/mol. The molecule has 1 aromatic rings. The van der Waals surface area contributed by atoms with Crippen molar-refractivity contribution in [2.45, 2.75) is 4.90 Å². The lowest BCUT2D eigenvalue weighted by Crippen LogP contribution is -1.93. The number of nitrogens with zero attached hydrogens (tertiary/aromatic N) is 1. The molecule has 5 heteroatoms. The van der Waals surface area contributed by atoms with E-state index in [-0.39, 0.29) is 4.90 Å². The van der Waals surface area contributed by atoms with E-state index in [1.54, 1.807) is 0 Å². The Morgan fingerprint density at radius 3 is 2.70 bits per heavy atom. The normalized spacial score (nSPS) is 12.9. The summed E-state index contributed by atoms with van der Waals surface area (Å²) < 4.78 is 20.5. The molecule has 0 radical (unpaired) electrons. The summed E-state index contributed by atoms with van der Waals surface area (Å²) in [6, 6.07) is 2.83. The second-order valence-electron chi connectivity index (χ2n) is 1.65. The largest absolute Gasteiger partial charge is 0.768 e. The molecule has 10 heavy (non-hydrogen) atoms. The van der Waals surface area contributed by atoms with E-state index in [0.717, 1.165) is 0 Å². The van der Waals surface area contributed by atoms with Crippen molar-refractivity contribution in [1.29, 1.82) is 0 Å². The molecular formula is C5H5N2O2S-. The molecule has 0 aliphatic heterocycles. The number of hydrogen-bond donors (Lipinski definition) is 1. The van der Waals surface area contributed by atoms with Crippen molar-refractivity contribution in [3.63, 3.8) is 0 Å².